The molecule has 152 valence electrons. The van der Waals surface area contributed by atoms with Crippen LogP contribution in [-0.2, 0) is 19.1 Å². The first-order valence-corrected chi connectivity index (χ1v) is 10.7. The number of allylic oxidation sites excluding steroid dienone is 4. The molecule has 28 heavy (non-hydrogen) atoms. The summed E-state index contributed by atoms with van der Waals surface area (Å²) < 4.78 is 5.83. The van der Waals surface area contributed by atoms with E-state index in [0.29, 0.717) is 30.1 Å². The van der Waals surface area contributed by atoms with E-state index in [1.807, 2.05) is 6.08 Å². The largest absolute Gasteiger partial charge is 0.451 e. The van der Waals surface area contributed by atoms with Crippen LogP contribution in [-0.4, -0.2) is 23.1 Å². The summed E-state index contributed by atoms with van der Waals surface area (Å²) in [5.74, 6) is 1.39. The Morgan fingerprint density at radius 3 is 2.43 bits per heavy atom. The monoisotopic (exact) mass is 384 g/mol. The molecule has 0 amide bonds. The summed E-state index contributed by atoms with van der Waals surface area (Å²) in [7, 11) is 0. The highest BCUT2D eigenvalue weighted by Gasteiger charge is 2.68. The van der Waals surface area contributed by atoms with E-state index in [0.717, 1.165) is 25.7 Å². The topological polar surface area (TPSA) is 60.4 Å². The molecule has 0 aromatic rings. The molecule has 0 saturated heterocycles. The number of hydrogen-bond donors (Lipinski definition) is 0. The molecule has 0 aromatic carbocycles. The van der Waals surface area contributed by atoms with E-state index in [1.165, 1.54) is 12.5 Å². The van der Waals surface area contributed by atoms with Crippen LogP contribution in [0.5, 0.6) is 0 Å². The van der Waals surface area contributed by atoms with Gasteiger partial charge in [0.1, 0.15) is 0 Å². The normalized spacial score (nSPS) is 46.9. The lowest BCUT2D eigenvalue weighted by molar-refractivity contribution is -0.186. The quantitative estimate of drug-likeness (QED) is 0.661. The van der Waals surface area contributed by atoms with Gasteiger partial charge in [-0.05, 0) is 74.9 Å². The summed E-state index contributed by atoms with van der Waals surface area (Å²) in [5.41, 5.74) is -0.0919. The first kappa shape index (κ1) is 19.6. The molecule has 4 aliphatic rings. The summed E-state index contributed by atoms with van der Waals surface area (Å²) in [6.45, 7) is 9.71. The van der Waals surface area contributed by atoms with Gasteiger partial charge >= 0.3 is 5.97 Å². The highest BCUT2D eigenvalue weighted by atomic mass is 16.6. The fourth-order valence-corrected chi connectivity index (χ4v) is 7.68. The van der Waals surface area contributed by atoms with Gasteiger partial charge in [0.05, 0.1) is 0 Å². The van der Waals surface area contributed by atoms with E-state index in [-0.39, 0.29) is 28.4 Å². The Hall–Kier alpha value is -1.71. The van der Waals surface area contributed by atoms with Crippen LogP contribution in [0.25, 0.3) is 0 Å². The summed E-state index contributed by atoms with van der Waals surface area (Å²) in [6.07, 6.45) is 10.2. The average molecular weight is 385 g/mol. The maximum absolute atomic E-state index is 12.8. The molecule has 0 aliphatic heterocycles. The number of carbonyl (C=O) groups is 3. The van der Waals surface area contributed by atoms with Gasteiger partial charge in [-0.15, -0.1) is 0 Å². The molecule has 4 rings (SSSR count). The van der Waals surface area contributed by atoms with Crippen molar-refractivity contribution in [2.24, 2.45) is 34.5 Å². The lowest BCUT2D eigenvalue weighted by atomic mass is 9.45. The third kappa shape index (κ3) is 2.39. The number of hydrogen-bond acceptors (Lipinski definition) is 4. The number of ether oxygens (including phenoxy) is 1. The predicted octanol–water partition coefficient (Wildman–Crippen LogP) is 4.43. The number of Topliss-reactive ketones (excluding diaryl/α,β-unsaturated/α-hetero) is 1. The Balaban J connectivity index is 1.75. The van der Waals surface area contributed by atoms with Crippen molar-refractivity contribution in [2.75, 3.05) is 0 Å². The van der Waals surface area contributed by atoms with Crippen LogP contribution in [0.15, 0.2) is 23.8 Å². The van der Waals surface area contributed by atoms with Gasteiger partial charge in [-0.1, -0.05) is 32.4 Å². The van der Waals surface area contributed by atoms with Crippen LogP contribution in [0.4, 0.5) is 0 Å². The first-order chi connectivity index (χ1) is 13.0. The van der Waals surface area contributed by atoms with Crippen molar-refractivity contribution < 1.29 is 19.1 Å². The predicted molar refractivity (Wildman–Crippen MR) is 106 cm³/mol. The minimum Gasteiger partial charge on any atom is -0.451 e. The summed E-state index contributed by atoms with van der Waals surface area (Å²) in [6, 6.07) is 0. The van der Waals surface area contributed by atoms with E-state index in [4.69, 9.17) is 4.74 Å². The van der Waals surface area contributed by atoms with Gasteiger partial charge in [-0.3, -0.25) is 14.4 Å². The third-order valence-corrected chi connectivity index (χ3v) is 8.88. The van der Waals surface area contributed by atoms with Gasteiger partial charge in [0.25, 0.3) is 0 Å². The second-order valence-electron chi connectivity index (χ2n) is 10.1. The minimum atomic E-state index is -0.979. The molecular weight excluding hydrogens is 352 g/mol. The SMILES string of the molecule is CC(=O)O[C@]1(C(C)=O)CC[C@@H]2[C@@H]3C[C@H](C)C4=CC(=O)C=C[C@]4(C)[C@@H]3CC[C@@]21C. The lowest BCUT2D eigenvalue weighted by Gasteiger charge is -2.59. The van der Waals surface area contributed by atoms with Crippen LogP contribution >= 0.6 is 0 Å². The van der Waals surface area contributed by atoms with Crippen molar-refractivity contribution in [3.8, 4) is 0 Å². The van der Waals surface area contributed by atoms with Crippen molar-refractivity contribution in [3.05, 3.63) is 23.8 Å². The number of fused-ring (bicyclic) bond motifs is 5. The Morgan fingerprint density at radius 2 is 1.79 bits per heavy atom. The van der Waals surface area contributed by atoms with Gasteiger partial charge in [0.15, 0.2) is 17.2 Å². The van der Waals surface area contributed by atoms with E-state index < -0.39 is 5.60 Å². The molecule has 0 unspecified atom stereocenters. The molecule has 0 heterocycles. The van der Waals surface area contributed by atoms with Gasteiger partial charge in [-0.25, -0.2) is 0 Å². The van der Waals surface area contributed by atoms with Crippen LogP contribution in [0.3, 0.4) is 0 Å². The van der Waals surface area contributed by atoms with Crippen LogP contribution in [0, 0.1) is 34.5 Å². The second kappa shape index (κ2) is 6.14. The molecule has 3 fully saturated rings. The maximum Gasteiger partial charge on any atom is 0.303 e. The van der Waals surface area contributed by atoms with E-state index in [2.05, 4.69) is 26.8 Å². The molecule has 3 saturated carbocycles. The standard InChI is InChI=1S/C24H32O4/c1-14-12-18-19(22(4)9-6-17(27)13-21(14)22)7-10-23(5)20(18)8-11-24(23,15(2)25)28-16(3)26/h6,9,13-14,18-20H,7-8,10-12H2,1-5H3/t14-,18+,19+,20+,22+,23-,24-/m0/s1. The number of carbonyl (C=O) groups excluding carboxylic acids is 3. The average Bonchev–Trinajstić information content (AvgIpc) is 2.90. The first-order valence-electron chi connectivity index (χ1n) is 10.7. The second-order valence-corrected chi connectivity index (χ2v) is 10.1. The molecule has 0 radical (unpaired) electrons. The third-order valence-electron chi connectivity index (χ3n) is 8.88. The molecule has 0 aromatic heterocycles. The van der Waals surface area contributed by atoms with Crippen LogP contribution in [0.2, 0.25) is 0 Å². The number of rotatable bonds is 2. The van der Waals surface area contributed by atoms with E-state index in [1.54, 1.807) is 13.0 Å². The summed E-state index contributed by atoms with van der Waals surface area (Å²) in [4.78, 5) is 36.7. The lowest BCUT2D eigenvalue weighted by Crippen LogP contribution is -2.59. The van der Waals surface area contributed by atoms with E-state index in [9.17, 15) is 14.4 Å². The fourth-order valence-electron chi connectivity index (χ4n) is 7.68. The molecule has 7 atom stereocenters. The Morgan fingerprint density at radius 1 is 1.11 bits per heavy atom. The Labute approximate surface area is 167 Å². The number of esters is 1. The molecule has 4 nitrogen and oxygen atoms in total. The van der Waals surface area contributed by atoms with E-state index >= 15 is 0 Å². The molecular formula is C24H32O4. The molecule has 0 bridgehead atoms. The highest BCUT2D eigenvalue weighted by molar-refractivity contribution is 6.01. The van der Waals surface area contributed by atoms with Crippen molar-refractivity contribution >= 4 is 17.5 Å². The van der Waals surface area contributed by atoms with Crippen molar-refractivity contribution in [2.45, 2.75) is 72.3 Å². The maximum atomic E-state index is 12.8. The summed E-state index contributed by atoms with van der Waals surface area (Å²) >= 11 is 0. The van der Waals surface area contributed by atoms with Crippen molar-refractivity contribution in [3.63, 3.8) is 0 Å². The molecule has 0 N–H and O–H groups in total. The smallest absolute Gasteiger partial charge is 0.303 e. The van der Waals surface area contributed by atoms with Crippen LogP contribution < -0.4 is 0 Å². The van der Waals surface area contributed by atoms with Crippen molar-refractivity contribution in [1.82, 2.24) is 0 Å². The van der Waals surface area contributed by atoms with Crippen molar-refractivity contribution in [1.29, 1.82) is 0 Å². The zero-order valence-electron chi connectivity index (χ0n) is 17.7. The molecule has 0 spiro atoms. The molecule has 4 aliphatic carbocycles. The molecule has 4 heteroatoms. The van der Waals surface area contributed by atoms with Crippen LogP contribution in [0.1, 0.15) is 66.7 Å². The Bertz CT molecular complexity index is 807. The highest BCUT2D eigenvalue weighted by Crippen LogP contribution is 2.68. The van der Waals surface area contributed by atoms with Gasteiger partial charge in [0.2, 0.25) is 0 Å². The fraction of sp³-hybridized carbons (Fsp3) is 0.708. The van der Waals surface area contributed by atoms with Gasteiger partial charge in [0, 0.05) is 17.8 Å². The zero-order valence-corrected chi connectivity index (χ0v) is 17.7. The van der Waals surface area contributed by atoms with Gasteiger partial charge < -0.3 is 4.74 Å². The zero-order chi connectivity index (χ0) is 20.5. The minimum absolute atomic E-state index is 0.00929. The number of ketones is 2. The Kier molecular flexibility index (Phi) is 4.30. The summed E-state index contributed by atoms with van der Waals surface area (Å²) in [5, 5.41) is 0. The van der Waals surface area contributed by atoms with Gasteiger partial charge in [-0.2, -0.15) is 0 Å².